The van der Waals surface area contributed by atoms with Crippen molar-refractivity contribution in [2.24, 2.45) is 0 Å². The first-order chi connectivity index (χ1) is 8.88. The molecule has 0 aliphatic carbocycles. The average Bonchev–Trinajstić information content (AvgIpc) is 2.84. The average molecular weight is 234 g/mol. The lowest BCUT2D eigenvalue weighted by Crippen LogP contribution is -1.98. The number of fused-ring (bicyclic) bond motifs is 1. The van der Waals surface area contributed by atoms with Crippen molar-refractivity contribution in [1.82, 2.24) is 14.4 Å². The largest absolute Gasteiger partial charge is 0.337 e. The van der Waals surface area contributed by atoms with Crippen LogP contribution in [0.15, 0.2) is 48.9 Å². The second-order valence-corrected chi connectivity index (χ2v) is 3.75. The quantitative estimate of drug-likeness (QED) is 0.692. The van der Waals surface area contributed by atoms with Crippen molar-refractivity contribution in [2.45, 2.75) is 0 Å². The molecular formula is C14H10N4. The molecule has 0 unspecified atom stereocenters. The summed E-state index contributed by atoms with van der Waals surface area (Å²) in [6, 6.07) is 9.82. The molecule has 4 nitrogen and oxygen atoms in total. The Labute approximate surface area is 104 Å². The number of terminal acetylenes is 1. The lowest BCUT2D eigenvalue weighted by Gasteiger charge is -2.06. The lowest BCUT2D eigenvalue weighted by atomic mass is 10.3. The molecule has 0 aliphatic rings. The molecule has 18 heavy (non-hydrogen) atoms. The van der Waals surface area contributed by atoms with E-state index < -0.39 is 0 Å². The fourth-order valence-corrected chi connectivity index (χ4v) is 1.77. The molecule has 0 fully saturated rings. The van der Waals surface area contributed by atoms with E-state index in [1.807, 2.05) is 34.7 Å². The van der Waals surface area contributed by atoms with Crippen molar-refractivity contribution >= 4 is 17.2 Å². The highest BCUT2D eigenvalue weighted by molar-refractivity contribution is 5.70. The second kappa shape index (κ2) is 4.22. The van der Waals surface area contributed by atoms with Gasteiger partial charge in [0.2, 0.25) is 0 Å². The first-order valence-electron chi connectivity index (χ1n) is 5.49. The highest BCUT2D eigenvalue weighted by Gasteiger charge is 2.07. The van der Waals surface area contributed by atoms with Crippen molar-refractivity contribution in [1.29, 1.82) is 0 Å². The summed E-state index contributed by atoms with van der Waals surface area (Å²) in [7, 11) is 0. The zero-order valence-corrected chi connectivity index (χ0v) is 9.54. The van der Waals surface area contributed by atoms with Crippen molar-refractivity contribution in [3.8, 4) is 12.3 Å². The fraction of sp³-hybridized carbons (Fsp3) is 0. The minimum atomic E-state index is 0.685. The molecule has 1 N–H and O–H groups in total. The highest BCUT2D eigenvalue weighted by Crippen LogP contribution is 2.18. The first-order valence-corrected chi connectivity index (χ1v) is 5.49. The first kappa shape index (κ1) is 10.4. The number of benzene rings is 1. The van der Waals surface area contributed by atoms with E-state index in [2.05, 4.69) is 21.2 Å². The minimum absolute atomic E-state index is 0.685. The smallest absolute Gasteiger partial charge is 0.181 e. The summed E-state index contributed by atoms with van der Waals surface area (Å²) in [5, 5.41) is 3.22. The van der Waals surface area contributed by atoms with Gasteiger partial charge in [-0.1, -0.05) is 24.1 Å². The summed E-state index contributed by atoms with van der Waals surface area (Å²) < 4.78 is 1.83. The number of hydrogen-bond acceptors (Lipinski definition) is 3. The fourth-order valence-electron chi connectivity index (χ4n) is 1.77. The van der Waals surface area contributed by atoms with Gasteiger partial charge in [-0.15, -0.1) is 6.42 Å². The Kier molecular flexibility index (Phi) is 2.43. The molecule has 0 aliphatic heterocycles. The Balaban J connectivity index is 2.08. The molecule has 3 rings (SSSR count). The molecule has 2 heterocycles. The maximum absolute atomic E-state index is 5.41. The van der Waals surface area contributed by atoms with Crippen LogP contribution in [0.2, 0.25) is 0 Å². The molecule has 0 saturated carbocycles. The predicted octanol–water partition coefficient (Wildman–Crippen LogP) is 2.45. The van der Waals surface area contributed by atoms with Gasteiger partial charge < -0.3 is 5.32 Å². The van der Waals surface area contributed by atoms with Crippen LogP contribution in [0.4, 0.5) is 11.5 Å². The number of aromatic nitrogens is 3. The van der Waals surface area contributed by atoms with Crippen LogP contribution < -0.4 is 5.32 Å². The van der Waals surface area contributed by atoms with E-state index in [-0.39, 0.29) is 0 Å². The number of para-hydroxylation sites is 1. The van der Waals surface area contributed by atoms with Crippen LogP contribution in [-0.2, 0) is 0 Å². The van der Waals surface area contributed by atoms with Crippen LogP contribution >= 0.6 is 0 Å². The third-order valence-corrected chi connectivity index (χ3v) is 2.61. The molecular weight excluding hydrogens is 224 g/mol. The SMILES string of the molecule is C#Cc1cnc2c(Nc3ccccc3)nccn12. The number of hydrogen-bond donors (Lipinski definition) is 1. The van der Waals surface area contributed by atoms with Crippen LogP contribution in [-0.4, -0.2) is 14.4 Å². The standard InChI is InChI=1S/C14H10N4/c1-2-12-10-16-14-13(15-8-9-18(12)14)17-11-6-4-3-5-7-11/h1,3-10H,(H,15,17). The summed E-state index contributed by atoms with van der Waals surface area (Å²) >= 11 is 0. The molecule has 0 radical (unpaired) electrons. The minimum Gasteiger partial charge on any atom is -0.337 e. The Morgan fingerprint density at radius 3 is 2.78 bits per heavy atom. The molecule has 1 aromatic carbocycles. The summed E-state index contributed by atoms with van der Waals surface area (Å²) in [5.41, 5.74) is 2.39. The molecule has 2 aromatic heterocycles. The van der Waals surface area contributed by atoms with Crippen molar-refractivity contribution in [3.05, 3.63) is 54.6 Å². The van der Waals surface area contributed by atoms with Crippen LogP contribution in [0.1, 0.15) is 5.69 Å². The van der Waals surface area contributed by atoms with E-state index in [0.29, 0.717) is 17.2 Å². The van der Waals surface area contributed by atoms with Crippen LogP contribution in [0.25, 0.3) is 5.65 Å². The van der Waals surface area contributed by atoms with Gasteiger partial charge in [0.1, 0.15) is 5.69 Å². The van der Waals surface area contributed by atoms with Gasteiger partial charge in [-0.3, -0.25) is 4.40 Å². The number of rotatable bonds is 2. The van der Waals surface area contributed by atoms with Crippen molar-refractivity contribution in [3.63, 3.8) is 0 Å². The summed E-state index contributed by atoms with van der Waals surface area (Å²) in [6.07, 6.45) is 10.6. The Morgan fingerprint density at radius 1 is 1.17 bits per heavy atom. The zero-order chi connectivity index (χ0) is 12.4. The highest BCUT2D eigenvalue weighted by atomic mass is 15.1. The molecule has 0 saturated heterocycles. The zero-order valence-electron chi connectivity index (χ0n) is 9.54. The van der Waals surface area contributed by atoms with E-state index in [9.17, 15) is 0 Å². The molecule has 0 spiro atoms. The molecule has 86 valence electrons. The van der Waals surface area contributed by atoms with Gasteiger partial charge in [-0.25, -0.2) is 9.97 Å². The third-order valence-electron chi connectivity index (χ3n) is 2.61. The van der Waals surface area contributed by atoms with Crippen LogP contribution in [0.3, 0.4) is 0 Å². The monoisotopic (exact) mass is 234 g/mol. The Morgan fingerprint density at radius 2 is 2.00 bits per heavy atom. The summed E-state index contributed by atoms with van der Waals surface area (Å²) in [4.78, 5) is 8.57. The van der Waals surface area contributed by atoms with E-state index >= 15 is 0 Å². The summed E-state index contributed by atoms with van der Waals surface area (Å²) in [5.74, 6) is 3.27. The molecule has 0 amide bonds. The normalized spacial score (nSPS) is 10.2. The number of nitrogens with one attached hydrogen (secondary N) is 1. The third kappa shape index (κ3) is 1.68. The van der Waals surface area contributed by atoms with Crippen molar-refractivity contribution < 1.29 is 0 Å². The van der Waals surface area contributed by atoms with Gasteiger partial charge in [0, 0.05) is 18.1 Å². The lowest BCUT2D eigenvalue weighted by molar-refractivity contribution is 1.11. The van der Waals surface area contributed by atoms with E-state index in [1.165, 1.54) is 0 Å². The molecule has 0 atom stereocenters. The van der Waals surface area contributed by atoms with Gasteiger partial charge in [0.05, 0.1) is 6.20 Å². The number of imidazole rings is 1. The maximum Gasteiger partial charge on any atom is 0.181 e. The summed E-state index contributed by atoms with van der Waals surface area (Å²) in [6.45, 7) is 0. The molecule has 0 bridgehead atoms. The molecule has 4 heteroatoms. The second-order valence-electron chi connectivity index (χ2n) is 3.75. The number of anilines is 2. The van der Waals surface area contributed by atoms with Gasteiger partial charge in [-0.05, 0) is 12.1 Å². The number of nitrogens with zero attached hydrogens (tertiary/aromatic N) is 3. The van der Waals surface area contributed by atoms with E-state index in [4.69, 9.17) is 6.42 Å². The van der Waals surface area contributed by atoms with E-state index in [0.717, 1.165) is 5.69 Å². The van der Waals surface area contributed by atoms with Gasteiger partial charge in [-0.2, -0.15) is 0 Å². The van der Waals surface area contributed by atoms with Crippen LogP contribution in [0.5, 0.6) is 0 Å². The predicted molar refractivity (Wildman–Crippen MR) is 70.6 cm³/mol. The van der Waals surface area contributed by atoms with Crippen LogP contribution in [0, 0.1) is 12.3 Å². The van der Waals surface area contributed by atoms with Crippen molar-refractivity contribution in [2.75, 3.05) is 5.32 Å². The van der Waals surface area contributed by atoms with E-state index in [1.54, 1.807) is 18.6 Å². The maximum atomic E-state index is 5.41. The Hall–Kier alpha value is -2.80. The van der Waals surface area contributed by atoms with Gasteiger partial charge >= 0.3 is 0 Å². The van der Waals surface area contributed by atoms with Gasteiger partial charge in [0.15, 0.2) is 11.5 Å². The van der Waals surface area contributed by atoms with Gasteiger partial charge in [0.25, 0.3) is 0 Å². The topological polar surface area (TPSA) is 42.2 Å². The molecule has 3 aromatic rings. The Bertz CT molecular complexity index is 722.